The van der Waals surface area contributed by atoms with Crippen molar-refractivity contribution in [2.75, 3.05) is 6.54 Å². The first kappa shape index (κ1) is 16.3. The summed E-state index contributed by atoms with van der Waals surface area (Å²) in [6.45, 7) is 10.9. The van der Waals surface area contributed by atoms with Crippen molar-refractivity contribution in [1.82, 2.24) is 10.6 Å². The van der Waals surface area contributed by atoms with Crippen LogP contribution in [0, 0.1) is 11.3 Å². The maximum atomic E-state index is 3.90. The van der Waals surface area contributed by atoms with Gasteiger partial charge < -0.3 is 10.6 Å². The molecule has 1 aliphatic heterocycles. The van der Waals surface area contributed by atoms with Gasteiger partial charge in [-0.1, -0.05) is 27.2 Å². The zero-order valence-corrected chi connectivity index (χ0v) is 14.2. The fourth-order valence-electron chi connectivity index (χ4n) is 4.19. The van der Waals surface area contributed by atoms with Gasteiger partial charge in [-0.3, -0.25) is 0 Å². The average molecular weight is 280 g/mol. The number of rotatable bonds is 6. The summed E-state index contributed by atoms with van der Waals surface area (Å²) in [7, 11) is 0. The molecule has 2 unspecified atom stereocenters. The van der Waals surface area contributed by atoms with Crippen LogP contribution in [0.25, 0.3) is 0 Å². The Morgan fingerprint density at radius 3 is 2.40 bits per heavy atom. The van der Waals surface area contributed by atoms with Gasteiger partial charge in [-0.15, -0.1) is 0 Å². The highest BCUT2D eigenvalue weighted by molar-refractivity contribution is 4.87. The third kappa shape index (κ3) is 4.46. The SMILES string of the molecule is CCC(C)(C)C1CCC(NC(C)CC2CCCN2)CC1. The molecule has 2 aliphatic rings. The standard InChI is InChI=1S/C18H36N2/c1-5-18(3,4)15-8-10-16(11-9-15)20-14(2)13-17-7-6-12-19-17/h14-17,19-20H,5-13H2,1-4H3. The summed E-state index contributed by atoms with van der Waals surface area (Å²) in [5, 5.41) is 7.52. The van der Waals surface area contributed by atoms with Crippen LogP contribution in [0.15, 0.2) is 0 Å². The Balaban J connectivity index is 1.68. The Morgan fingerprint density at radius 2 is 1.85 bits per heavy atom. The quantitative estimate of drug-likeness (QED) is 0.765. The van der Waals surface area contributed by atoms with Crippen LogP contribution in [0.3, 0.4) is 0 Å². The minimum Gasteiger partial charge on any atom is -0.314 e. The Hall–Kier alpha value is -0.0800. The molecule has 20 heavy (non-hydrogen) atoms. The van der Waals surface area contributed by atoms with Gasteiger partial charge in [0.05, 0.1) is 0 Å². The fourth-order valence-corrected chi connectivity index (χ4v) is 4.19. The van der Waals surface area contributed by atoms with Crippen molar-refractivity contribution < 1.29 is 0 Å². The molecule has 0 aromatic rings. The molecular weight excluding hydrogens is 244 g/mol. The topological polar surface area (TPSA) is 24.1 Å². The number of hydrogen-bond acceptors (Lipinski definition) is 2. The molecule has 1 heterocycles. The predicted molar refractivity (Wildman–Crippen MR) is 88.1 cm³/mol. The lowest BCUT2D eigenvalue weighted by molar-refractivity contribution is 0.133. The van der Waals surface area contributed by atoms with Gasteiger partial charge in [0.1, 0.15) is 0 Å². The molecule has 0 amide bonds. The van der Waals surface area contributed by atoms with Crippen LogP contribution < -0.4 is 10.6 Å². The van der Waals surface area contributed by atoms with Crippen molar-refractivity contribution in [1.29, 1.82) is 0 Å². The summed E-state index contributed by atoms with van der Waals surface area (Å²) < 4.78 is 0. The van der Waals surface area contributed by atoms with E-state index in [1.54, 1.807) is 0 Å². The second-order valence-electron chi connectivity index (χ2n) is 7.99. The molecular formula is C18H36N2. The van der Waals surface area contributed by atoms with Gasteiger partial charge in [0, 0.05) is 18.1 Å². The van der Waals surface area contributed by atoms with E-state index in [1.165, 1.54) is 57.9 Å². The molecule has 1 saturated carbocycles. The zero-order chi connectivity index (χ0) is 14.6. The lowest BCUT2D eigenvalue weighted by Gasteiger charge is -2.40. The van der Waals surface area contributed by atoms with Gasteiger partial charge in [-0.25, -0.2) is 0 Å². The van der Waals surface area contributed by atoms with Crippen molar-refractivity contribution >= 4 is 0 Å². The molecule has 2 fully saturated rings. The highest BCUT2D eigenvalue weighted by atomic mass is 15.0. The minimum absolute atomic E-state index is 0.546. The third-order valence-electron chi connectivity index (χ3n) is 6.06. The maximum absolute atomic E-state index is 3.90. The Kier molecular flexibility index (Phi) is 5.92. The summed E-state index contributed by atoms with van der Waals surface area (Å²) in [5.41, 5.74) is 0.546. The Bertz CT molecular complexity index is 273. The maximum Gasteiger partial charge on any atom is 0.00822 e. The zero-order valence-electron chi connectivity index (χ0n) is 14.2. The summed E-state index contributed by atoms with van der Waals surface area (Å²) >= 11 is 0. The predicted octanol–water partition coefficient (Wildman–Crippen LogP) is 4.10. The van der Waals surface area contributed by atoms with Crippen molar-refractivity contribution in [3.05, 3.63) is 0 Å². The summed E-state index contributed by atoms with van der Waals surface area (Å²) in [6.07, 6.45) is 11.0. The van der Waals surface area contributed by atoms with Gasteiger partial charge >= 0.3 is 0 Å². The van der Waals surface area contributed by atoms with Crippen molar-refractivity contribution in [2.45, 2.75) is 97.2 Å². The minimum atomic E-state index is 0.546. The number of nitrogens with one attached hydrogen (secondary N) is 2. The molecule has 2 heteroatoms. The Morgan fingerprint density at radius 1 is 1.15 bits per heavy atom. The second kappa shape index (κ2) is 7.26. The first-order valence-electron chi connectivity index (χ1n) is 9.00. The molecule has 0 aromatic heterocycles. The molecule has 0 bridgehead atoms. The summed E-state index contributed by atoms with van der Waals surface area (Å²) in [6, 6.07) is 2.22. The van der Waals surface area contributed by atoms with Gasteiger partial charge in [-0.2, -0.15) is 0 Å². The monoisotopic (exact) mass is 280 g/mol. The molecule has 2 nitrogen and oxygen atoms in total. The summed E-state index contributed by atoms with van der Waals surface area (Å²) in [4.78, 5) is 0. The van der Waals surface area contributed by atoms with E-state index in [2.05, 4.69) is 38.3 Å². The first-order valence-corrected chi connectivity index (χ1v) is 9.00. The van der Waals surface area contributed by atoms with Crippen LogP contribution in [0.5, 0.6) is 0 Å². The van der Waals surface area contributed by atoms with Gasteiger partial charge in [0.25, 0.3) is 0 Å². The van der Waals surface area contributed by atoms with E-state index >= 15 is 0 Å². The van der Waals surface area contributed by atoms with E-state index in [-0.39, 0.29) is 0 Å². The van der Waals surface area contributed by atoms with E-state index in [1.807, 2.05) is 0 Å². The van der Waals surface area contributed by atoms with Crippen LogP contribution >= 0.6 is 0 Å². The van der Waals surface area contributed by atoms with Gasteiger partial charge in [0.15, 0.2) is 0 Å². The number of hydrogen-bond donors (Lipinski definition) is 2. The molecule has 0 spiro atoms. The average Bonchev–Trinajstić information content (AvgIpc) is 2.92. The smallest absolute Gasteiger partial charge is 0.00822 e. The van der Waals surface area contributed by atoms with Crippen molar-refractivity contribution in [3.8, 4) is 0 Å². The van der Waals surface area contributed by atoms with E-state index < -0.39 is 0 Å². The van der Waals surface area contributed by atoms with E-state index in [0.717, 1.165) is 18.0 Å². The highest BCUT2D eigenvalue weighted by Gasteiger charge is 2.32. The lowest BCUT2D eigenvalue weighted by atomic mass is 9.69. The molecule has 1 aliphatic carbocycles. The molecule has 118 valence electrons. The molecule has 0 radical (unpaired) electrons. The van der Waals surface area contributed by atoms with Crippen LogP contribution in [0.2, 0.25) is 0 Å². The van der Waals surface area contributed by atoms with Gasteiger partial charge in [0.2, 0.25) is 0 Å². The highest BCUT2D eigenvalue weighted by Crippen LogP contribution is 2.40. The van der Waals surface area contributed by atoms with E-state index in [4.69, 9.17) is 0 Å². The molecule has 1 saturated heterocycles. The van der Waals surface area contributed by atoms with Crippen LogP contribution in [-0.2, 0) is 0 Å². The van der Waals surface area contributed by atoms with Gasteiger partial charge in [-0.05, 0) is 69.7 Å². The third-order valence-corrected chi connectivity index (χ3v) is 6.06. The van der Waals surface area contributed by atoms with Crippen LogP contribution in [0.4, 0.5) is 0 Å². The van der Waals surface area contributed by atoms with E-state index in [0.29, 0.717) is 11.5 Å². The van der Waals surface area contributed by atoms with Crippen LogP contribution in [-0.4, -0.2) is 24.7 Å². The molecule has 0 aromatic carbocycles. The van der Waals surface area contributed by atoms with Crippen LogP contribution in [0.1, 0.15) is 79.1 Å². The van der Waals surface area contributed by atoms with Crippen molar-refractivity contribution in [2.24, 2.45) is 11.3 Å². The van der Waals surface area contributed by atoms with E-state index in [9.17, 15) is 0 Å². The molecule has 2 atom stereocenters. The largest absolute Gasteiger partial charge is 0.314 e. The normalized spacial score (nSPS) is 33.3. The van der Waals surface area contributed by atoms with Crippen molar-refractivity contribution in [3.63, 3.8) is 0 Å². The second-order valence-corrected chi connectivity index (χ2v) is 7.99. The fraction of sp³-hybridized carbons (Fsp3) is 1.00. The Labute approximate surface area is 126 Å². The lowest BCUT2D eigenvalue weighted by Crippen LogP contribution is -2.43. The first-order chi connectivity index (χ1) is 9.51. The summed E-state index contributed by atoms with van der Waals surface area (Å²) in [5.74, 6) is 0.942. The molecule has 2 N–H and O–H groups in total. The molecule has 2 rings (SSSR count).